The summed E-state index contributed by atoms with van der Waals surface area (Å²) in [6.07, 6.45) is -5.74. The number of hydrogen-bond acceptors (Lipinski definition) is 6. The molecule has 2 aromatic rings. The summed E-state index contributed by atoms with van der Waals surface area (Å²) in [5.74, 6) is 2.18. The predicted octanol–water partition coefficient (Wildman–Crippen LogP) is 4.39. The van der Waals surface area contributed by atoms with Gasteiger partial charge in [0.25, 0.3) is 5.60 Å². The molecule has 0 saturated carbocycles. The average Bonchev–Trinajstić information content (AvgIpc) is 2.79. The summed E-state index contributed by atoms with van der Waals surface area (Å²) < 4.78 is 90.5. The number of aromatic nitrogens is 1. The van der Waals surface area contributed by atoms with Gasteiger partial charge in [0.2, 0.25) is 0 Å². The van der Waals surface area contributed by atoms with E-state index in [9.17, 15) is 35.8 Å². The van der Waals surface area contributed by atoms with Crippen molar-refractivity contribution in [2.75, 3.05) is 43.5 Å². The van der Waals surface area contributed by atoms with Gasteiger partial charge >= 0.3 is 12.4 Å². The van der Waals surface area contributed by atoms with E-state index in [0.717, 1.165) is 17.0 Å². The summed E-state index contributed by atoms with van der Waals surface area (Å²) in [4.78, 5) is 6.76. The molecule has 34 heavy (non-hydrogen) atoms. The molecule has 1 aliphatic heterocycles. The number of piperazine rings is 1. The summed E-state index contributed by atoms with van der Waals surface area (Å²) in [5.41, 5.74) is -0.161. The van der Waals surface area contributed by atoms with Crippen LogP contribution in [-0.4, -0.2) is 59.6 Å². The van der Waals surface area contributed by atoms with Crippen LogP contribution in [0.4, 0.5) is 42.2 Å². The van der Waals surface area contributed by atoms with Gasteiger partial charge in [-0.25, -0.2) is 13.7 Å². The van der Waals surface area contributed by atoms with Gasteiger partial charge in [0.15, 0.2) is 0 Å². The monoisotopic (exact) mass is 510 g/mol. The van der Waals surface area contributed by atoms with E-state index in [4.69, 9.17) is 5.73 Å². The van der Waals surface area contributed by atoms with Gasteiger partial charge in [-0.1, -0.05) is 18.1 Å². The van der Waals surface area contributed by atoms with Crippen molar-refractivity contribution in [2.24, 2.45) is 0 Å². The van der Waals surface area contributed by atoms with E-state index in [1.165, 1.54) is 11.9 Å². The third-order valence-electron chi connectivity index (χ3n) is 4.78. The van der Waals surface area contributed by atoms with Gasteiger partial charge in [0.1, 0.15) is 12.5 Å². The topological polar surface area (TPSA) is 65.6 Å². The van der Waals surface area contributed by atoms with E-state index in [-0.39, 0.29) is 0 Å². The van der Waals surface area contributed by atoms with E-state index < -0.39 is 30.2 Å². The second-order valence-corrected chi connectivity index (χ2v) is 8.19. The lowest BCUT2D eigenvalue weighted by atomic mass is 9.92. The van der Waals surface area contributed by atoms with E-state index in [2.05, 4.69) is 15.7 Å². The van der Waals surface area contributed by atoms with Gasteiger partial charge in [-0.15, -0.1) is 6.42 Å². The lowest BCUT2D eigenvalue weighted by Crippen LogP contribution is -2.53. The molecule has 1 aromatic heterocycles. The Morgan fingerprint density at radius 1 is 0.971 bits per heavy atom. The van der Waals surface area contributed by atoms with Crippen molar-refractivity contribution in [1.29, 1.82) is 0 Å². The molecule has 0 unspecified atom stereocenters. The normalized spacial score (nSPS) is 15.3. The minimum atomic E-state index is -5.90. The smallest absolute Gasteiger partial charge is 0.384 e. The van der Waals surface area contributed by atoms with Crippen LogP contribution in [0, 0.1) is 12.3 Å². The third kappa shape index (κ3) is 6.46. The van der Waals surface area contributed by atoms with E-state index in [1.54, 1.807) is 18.2 Å². The lowest BCUT2D eigenvalue weighted by molar-refractivity contribution is -0.376. The van der Waals surface area contributed by atoms with Gasteiger partial charge in [0, 0.05) is 48.5 Å². The quantitative estimate of drug-likeness (QED) is 0.361. The van der Waals surface area contributed by atoms with Gasteiger partial charge in [-0.2, -0.15) is 26.3 Å². The fraction of sp³-hybridized carbons (Fsp3) is 0.381. The van der Waals surface area contributed by atoms with Crippen LogP contribution in [0.25, 0.3) is 0 Å². The number of pyridine rings is 1. The minimum absolute atomic E-state index is 0.413. The van der Waals surface area contributed by atoms with Gasteiger partial charge in [-0.3, -0.25) is 0 Å². The molecule has 3 rings (SSSR count). The van der Waals surface area contributed by atoms with E-state index >= 15 is 0 Å². The van der Waals surface area contributed by atoms with Crippen molar-refractivity contribution in [2.45, 2.75) is 22.8 Å². The van der Waals surface area contributed by atoms with Crippen molar-refractivity contribution in [3.05, 3.63) is 48.2 Å². The van der Waals surface area contributed by atoms with Crippen molar-refractivity contribution in [1.82, 2.24) is 9.29 Å². The standard InChI is InChI=1S/C18H18F6N4OS.C3H3F/c19-17(20,21)16(29,18(22,23)24)12-1-3-13(4-2-12)27-7-9-28(10-8-27)30-14-5-6-15(25)26-11-14;1-2-3-4/h1-6,11,29H,7-10H2,(H2,25,26);1H,3H2. The Bertz CT molecular complexity index is 938. The molecule has 0 aliphatic carbocycles. The molecule has 1 fully saturated rings. The maximum absolute atomic E-state index is 13.0. The number of benzene rings is 1. The molecular formula is C21H21F7N4OS. The molecule has 5 nitrogen and oxygen atoms in total. The number of aliphatic hydroxyl groups is 1. The summed E-state index contributed by atoms with van der Waals surface area (Å²) in [5, 5.41) is 9.46. The number of alkyl halides is 7. The summed E-state index contributed by atoms with van der Waals surface area (Å²) in [6, 6.07) is 7.16. The number of anilines is 2. The second-order valence-electron chi connectivity index (χ2n) is 7.02. The number of nitrogen functional groups attached to an aromatic ring is 1. The Labute approximate surface area is 195 Å². The van der Waals surface area contributed by atoms with Crippen molar-refractivity contribution < 1.29 is 35.8 Å². The van der Waals surface area contributed by atoms with Crippen molar-refractivity contribution in [3.63, 3.8) is 0 Å². The van der Waals surface area contributed by atoms with Crippen LogP contribution in [0.3, 0.4) is 0 Å². The zero-order valence-corrected chi connectivity index (χ0v) is 18.4. The highest BCUT2D eigenvalue weighted by atomic mass is 32.2. The minimum Gasteiger partial charge on any atom is -0.384 e. The molecule has 1 aliphatic rings. The highest BCUT2D eigenvalue weighted by Crippen LogP contribution is 2.50. The molecule has 0 spiro atoms. The zero-order valence-electron chi connectivity index (χ0n) is 17.6. The third-order valence-corrected chi connectivity index (χ3v) is 5.86. The molecule has 2 heterocycles. The number of hydrogen-bond donors (Lipinski definition) is 2. The summed E-state index contributed by atoms with van der Waals surface area (Å²) in [6.45, 7) is 1.63. The Kier molecular flexibility index (Phi) is 9.04. The first-order chi connectivity index (χ1) is 15.8. The number of nitrogens with zero attached hydrogens (tertiary/aromatic N) is 3. The number of halogens is 7. The molecule has 1 aromatic carbocycles. The van der Waals surface area contributed by atoms with Gasteiger partial charge < -0.3 is 15.7 Å². The fourth-order valence-corrected chi connectivity index (χ4v) is 3.91. The fourth-order valence-electron chi connectivity index (χ4n) is 3.03. The molecular weight excluding hydrogens is 489 g/mol. The van der Waals surface area contributed by atoms with Gasteiger partial charge in [-0.05, 0) is 36.2 Å². The molecule has 13 heteroatoms. The zero-order chi connectivity index (χ0) is 25.6. The maximum Gasteiger partial charge on any atom is 0.430 e. The van der Waals surface area contributed by atoms with Crippen molar-refractivity contribution in [3.8, 4) is 12.3 Å². The van der Waals surface area contributed by atoms with Crippen LogP contribution in [-0.2, 0) is 5.60 Å². The molecule has 0 atom stereocenters. The first kappa shape index (κ1) is 27.6. The van der Waals surface area contributed by atoms with E-state index in [0.29, 0.717) is 49.8 Å². The van der Waals surface area contributed by atoms with Gasteiger partial charge in [0.05, 0.1) is 0 Å². The van der Waals surface area contributed by atoms with Crippen LogP contribution >= 0.6 is 11.9 Å². The molecule has 186 valence electrons. The van der Waals surface area contributed by atoms with Crippen LogP contribution in [0.1, 0.15) is 5.56 Å². The summed E-state index contributed by atoms with van der Waals surface area (Å²) in [7, 11) is 0. The largest absolute Gasteiger partial charge is 0.430 e. The SMILES string of the molecule is C#CCF.Nc1ccc(SN2CCN(c3ccc(C(O)(C(F)(F)F)C(F)(F)F)cc3)CC2)cn1. The summed E-state index contributed by atoms with van der Waals surface area (Å²) >= 11 is 1.49. The lowest BCUT2D eigenvalue weighted by Gasteiger charge is -2.36. The Morgan fingerprint density at radius 3 is 1.91 bits per heavy atom. The first-order valence-corrected chi connectivity index (χ1v) is 10.5. The van der Waals surface area contributed by atoms with Crippen LogP contribution in [0.2, 0.25) is 0 Å². The molecule has 0 radical (unpaired) electrons. The van der Waals surface area contributed by atoms with Crippen molar-refractivity contribution >= 4 is 23.5 Å². The first-order valence-electron chi connectivity index (χ1n) is 9.68. The predicted molar refractivity (Wildman–Crippen MR) is 116 cm³/mol. The molecule has 3 N–H and O–H groups in total. The number of nitrogens with two attached hydrogens (primary N) is 1. The van der Waals surface area contributed by atoms with Crippen LogP contribution < -0.4 is 10.6 Å². The molecule has 0 amide bonds. The van der Waals surface area contributed by atoms with Crippen LogP contribution in [0.15, 0.2) is 47.5 Å². The highest BCUT2D eigenvalue weighted by Gasteiger charge is 2.71. The number of terminal acetylenes is 1. The Hall–Kier alpha value is -2.69. The average molecular weight is 510 g/mol. The highest BCUT2D eigenvalue weighted by molar-refractivity contribution is 7.97. The maximum atomic E-state index is 13.0. The Morgan fingerprint density at radius 2 is 1.50 bits per heavy atom. The molecule has 1 saturated heterocycles. The Balaban J connectivity index is 0.000000945. The number of rotatable bonds is 4. The van der Waals surface area contributed by atoms with Crippen LogP contribution in [0.5, 0.6) is 0 Å². The molecule has 0 bridgehead atoms. The van der Waals surface area contributed by atoms with E-state index in [1.807, 2.05) is 11.0 Å². The second kappa shape index (κ2) is 11.2.